The number of anilines is 1. The van der Waals surface area contributed by atoms with Crippen LogP contribution in [0, 0.1) is 0 Å². The fourth-order valence-electron chi connectivity index (χ4n) is 1.80. The highest BCUT2D eigenvalue weighted by atomic mass is 79.9. The number of amides is 1. The summed E-state index contributed by atoms with van der Waals surface area (Å²) in [6, 6.07) is 4.53. The SMILES string of the molecule is CCCC(CC(=O)O)NC(=O)c1cc(N)cc(Br)c1. The van der Waals surface area contributed by atoms with Crippen molar-refractivity contribution in [2.45, 2.75) is 32.2 Å². The Morgan fingerprint density at radius 2 is 2.11 bits per heavy atom. The van der Waals surface area contributed by atoms with E-state index in [0.717, 1.165) is 6.42 Å². The summed E-state index contributed by atoms with van der Waals surface area (Å²) < 4.78 is 0.711. The van der Waals surface area contributed by atoms with Crippen molar-refractivity contribution in [1.82, 2.24) is 5.32 Å². The second-order valence-electron chi connectivity index (χ2n) is 4.33. The molecular formula is C13H17BrN2O3. The zero-order chi connectivity index (χ0) is 14.4. The average Bonchev–Trinajstić information content (AvgIpc) is 2.26. The minimum atomic E-state index is -0.924. The fourth-order valence-corrected chi connectivity index (χ4v) is 2.31. The van der Waals surface area contributed by atoms with Gasteiger partial charge in [0.05, 0.1) is 6.42 Å². The van der Waals surface area contributed by atoms with Gasteiger partial charge < -0.3 is 16.2 Å². The van der Waals surface area contributed by atoms with Crippen molar-refractivity contribution in [2.75, 3.05) is 5.73 Å². The second kappa shape index (κ2) is 7.13. The Morgan fingerprint density at radius 1 is 1.42 bits per heavy atom. The van der Waals surface area contributed by atoms with Crippen LogP contribution in [-0.4, -0.2) is 23.0 Å². The van der Waals surface area contributed by atoms with Crippen LogP contribution >= 0.6 is 15.9 Å². The maximum absolute atomic E-state index is 12.0. The molecule has 1 unspecified atom stereocenters. The summed E-state index contributed by atoms with van der Waals surface area (Å²) in [5.74, 6) is -1.24. The third-order valence-corrected chi connectivity index (χ3v) is 3.03. The van der Waals surface area contributed by atoms with E-state index in [9.17, 15) is 9.59 Å². The summed E-state index contributed by atoms with van der Waals surface area (Å²) in [6.07, 6.45) is 1.35. The van der Waals surface area contributed by atoms with E-state index in [4.69, 9.17) is 10.8 Å². The van der Waals surface area contributed by atoms with Gasteiger partial charge >= 0.3 is 5.97 Å². The van der Waals surface area contributed by atoms with Gasteiger partial charge in [0.1, 0.15) is 0 Å². The molecule has 5 nitrogen and oxygen atoms in total. The Morgan fingerprint density at radius 3 is 2.63 bits per heavy atom. The predicted molar refractivity (Wildman–Crippen MR) is 77.0 cm³/mol. The van der Waals surface area contributed by atoms with Crippen LogP contribution in [0.1, 0.15) is 36.5 Å². The Hall–Kier alpha value is -1.56. The van der Waals surface area contributed by atoms with Crippen molar-refractivity contribution < 1.29 is 14.7 Å². The first-order valence-corrected chi connectivity index (χ1v) is 6.80. The zero-order valence-corrected chi connectivity index (χ0v) is 12.2. The van der Waals surface area contributed by atoms with Gasteiger partial charge in [-0.3, -0.25) is 9.59 Å². The molecule has 0 saturated carbocycles. The van der Waals surface area contributed by atoms with Gasteiger partial charge in [-0.15, -0.1) is 0 Å². The number of hydrogen-bond acceptors (Lipinski definition) is 3. The van der Waals surface area contributed by atoms with E-state index < -0.39 is 5.97 Å². The molecule has 0 fully saturated rings. The van der Waals surface area contributed by atoms with Crippen LogP contribution in [0.2, 0.25) is 0 Å². The number of carboxylic acids is 1. The molecule has 0 aliphatic carbocycles. The molecule has 6 heteroatoms. The van der Waals surface area contributed by atoms with E-state index in [1.54, 1.807) is 18.2 Å². The quantitative estimate of drug-likeness (QED) is 0.699. The largest absolute Gasteiger partial charge is 0.481 e. The van der Waals surface area contributed by atoms with Crippen molar-refractivity contribution >= 4 is 33.5 Å². The lowest BCUT2D eigenvalue weighted by Crippen LogP contribution is -2.36. The van der Waals surface area contributed by atoms with Crippen LogP contribution < -0.4 is 11.1 Å². The zero-order valence-electron chi connectivity index (χ0n) is 10.6. The lowest BCUT2D eigenvalue weighted by molar-refractivity contribution is -0.137. The minimum Gasteiger partial charge on any atom is -0.481 e. The monoisotopic (exact) mass is 328 g/mol. The molecule has 1 amide bonds. The number of carboxylic acid groups (broad SMARTS) is 1. The molecule has 104 valence electrons. The van der Waals surface area contributed by atoms with E-state index >= 15 is 0 Å². The molecule has 1 rings (SSSR count). The summed E-state index contributed by atoms with van der Waals surface area (Å²) in [5, 5.41) is 11.5. The predicted octanol–water partition coefficient (Wildman–Crippen LogP) is 2.40. The number of carbonyl (C=O) groups is 2. The number of hydrogen-bond donors (Lipinski definition) is 3. The van der Waals surface area contributed by atoms with E-state index in [-0.39, 0.29) is 18.4 Å². The van der Waals surface area contributed by atoms with Crippen LogP contribution in [0.15, 0.2) is 22.7 Å². The highest BCUT2D eigenvalue weighted by molar-refractivity contribution is 9.10. The molecule has 0 saturated heterocycles. The Bertz CT molecular complexity index is 457. The fraction of sp³-hybridized carbons (Fsp3) is 0.385. The topological polar surface area (TPSA) is 92.4 Å². The van der Waals surface area contributed by atoms with Gasteiger partial charge in [0, 0.05) is 21.8 Å². The van der Waals surface area contributed by atoms with E-state index in [1.807, 2.05) is 6.92 Å². The van der Waals surface area contributed by atoms with Crippen molar-refractivity contribution in [3.63, 3.8) is 0 Å². The van der Waals surface area contributed by atoms with E-state index in [0.29, 0.717) is 22.1 Å². The minimum absolute atomic E-state index is 0.0803. The average molecular weight is 329 g/mol. The first-order valence-electron chi connectivity index (χ1n) is 6.01. The first kappa shape index (κ1) is 15.5. The van der Waals surface area contributed by atoms with Crippen LogP contribution in [0.5, 0.6) is 0 Å². The lowest BCUT2D eigenvalue weighted by atomic mass is 10.1. The highest BCUT2D eigenvalue weighted by Gasteiger charge is 2.16. The number of halogens is 1. The molecule has 0 heterocycles. The number of nitrogens with one attached hydrogen (secondary N) is 1. The van der Waals surface area contributed by atoms with Crippen molar-refractivity contribution in [3.05, 3.63) is 28.2 Å². The van der Waals surface area contributed by atoms with E-state index in [2.05, 4.69) is 21.2 Å². The molecule has 1 aromatic rings. The molecule has 0 spiro atoms. The lowest BCUT2D eigenvalue weighted by Gasteiger charge is -2.16. The molecule has 0 aromatic heterocycles. The van der Waals surface area contributed by atoms with Gasteiger partial charge in [-0.1, -0.05) is 29.3 Å². The van der Waals surface area contributed by atoms with Crippen LogP contribution in [-0.2, 0) is 4.79 Å². The number of nitrogen functional groups attached to an aromatic ring is 1. The van der Waals surface area contributed by atoms with Gasteiger partial charge in [-0.05, 0) is 24.6 Å². The van der Waals surface area contributed by atoms with Gasteiger partial charge in [0.2, 0.25) is 0 Å². The Balaban J connectivity index is 2.77. The number of rotatable bonds is 6. The van der Waals surface area contributed by atoms with Crippen molar-refractivity contribution in [3.8, 4) is 0 Å². The summed E-state index contributed by atoms with van der Waals surface area (Å²) in [6.45, 7) is 1.94. The van der Waals surface area contributed by atoms with Gasteiger partial charge in [0.25, 0.3) is 5.91 Å². The standard InChI is InChI=1S/C13H17BrN2O3/c1-2-3-11(7-12(17)18)16-13(19)8-4-9(14)6-10(15)5-8/h4-6,11H,2-3,7,15H2,1H3,(H,16,19)(H,17,18). The molecule has 0 aliphatic heterocycles. The molecule has 0 radical (unpaired) electrons. The molecule has 0 bridgehead atoms. The molecule has 4 N–H and O–H groups in total. The maximum atomic E-state index is 12.0. The summed E-state index contributed by atoms with van der Waals surface area (Å²) in [7, 11) is 0. The third-order valence-electron chi connectivity index (χ3n) is 2.58. The third kappa shape index (κ3) is 5.30. The molecular weight excluding hydrogens is 312 g/mol. The van der Waals surface area contributed by atoms with E-state index in [1.165, 1.54) is 0 Å². The first-order chi connectivity index (χ1) is 8.92. The molecule has 1 atom stereocenters. The molecule has 19 heavy (non-hydrogen) atoms. The number of benzene rings is 1. The number of nitrogens with two attached hydrogens (primary N) is 1. The second-order valence-corrected chi connectivity index (χ2v) is 5.25. The normalized spacial score (nSPS) is 11.9. The summed E-state index contributed by atoms with van der Waals surface area (Å²) >= 11 is 3.26. The molecule has 0 aliphatic rings. The number of aliphatic carboxylic acids is 1. The van der Waals surface area contributed by atoms with Gasteiger partial charge in [0.15, 0.2) is 0 Å². The van der Waals surface area contributed by atoms with Crippen molar-refractivity contribution in [1.29, 1.82) is 0 Å². The van der Waals surface area contributed by atoms with Gasteiger partial charge in [-0.25, -0.2) is 0 Å². The van der Waals surface area contributed by atoms with Crippen LogP contribution in [0.4, 0.5) is 5.69 Å². The van der Waals surface area contributed by atoms with Gasteiger partial charge in [-0.2, -0.15) is 0 Å². The smallest absolute Gasteiger partial charge is 0.305 e. The molecule has 1 aromatic carbocycles. The summed E-state index contributed by atoms with van der Waals surface area (Å²) in [4.78, 5) is 22.8. The maximum Gasteiger partial charge on any atom is 0.305 e. The number of carbonyl (C=O) groups excluding carboxylic acids is 1. The summed E-state index contributed by atoms with van der Waals surface area (Å²) in [5.41, 5.74) is 6.56. The van der Waals surface area contributed by atoms with Crippen LogP contribution in [0.25, 0.3) is 0 Å². The highest BCUT2D eigenvalue weighted by Crippen LogP contribution is 2.17. The van der Waals surface area contributed by atoms with Crippen LogP contribution in [0.3, 0.4) is 0 Å². The van der Waals surface area contributed by atoms with Crippen molar-refractivity contribution in [2.24, 2.45) is 0 Å². The Kier molecular flexibility index (Phi) is 5.82. The Labute approximate surface area is 120 Å².